The molecule has 2 amide bonds. The minimum Gasteiger partial charge on any atom is -0.332 e. The summed E-state index contributed by atoms with van der Waals surface area (Å²) < 4.78 is 0. The Morgan fingerprint density at radius 1 is 1.11 bits per heavy atom. The Bertz CT molecular complexity index is 765. The largest absolute Gasteiger partial charge is 0.332 e. The second-order valence-electron chi connectivity index (χ2n) is 6.61. The van der Waals surface area contributed by atoms with Gasteiger partial charge in [0.05, 0.1) is 0 Å². The van der Waals surface area contributed by atoms with Crippen molar-refractivity contribution in [3.8, 4) is 0 Å². The van der Waals surface area contributed by atoms with Crippen molar-refractivity contribution >= 4 is 29.3 Å². The molecule has 1 aliphatic rings. The molecule has 0 bridgehead atoms. The van der Waals surface area contributed by atoms with Crippen LogP contribution in [0.4, 0.5) is 5.69 Å². The van der Waals surface area contributed by atoms with Crippen LogP contribution in [-0.4, -0.2) is 23.4 Å². The Hall–Kier alpha value is -2.31. The molecule has 0 spiro atoms. The average Bonchev–Trinajstić information content (AvgIpc) is 2.67. The van der Waals surface area contributed by atoms with Crippen molar-refractivity contribution in [2.45, 2.75) is 43.5 Å². The average molecular weight is 384 g/mol. The maximum Gasteiger partial charge on any atom is 0.225 e. The minimum absolute atomic E-state index is 0.0237. The van der Waals surface area contributed by atoms with Gasteiger partial charge in [-0.1, -0.05) is 49.4 Å². The highest BCUT2D eigenvalue weighted by Gasteiger charge is 2.27. The molecular formula is C21H25N3O2S. The van der Waals surface area contributed by atoms with Crippen molar-refractivity contribution in [3.63, 3.8) is 0 Å². The topological polar surface area (TPSA) is 70.2 Å². The van der Waals surface area contributed by atoms with Crippen LogP contribution < -0.4 is 16.0 Å². The maximum atomic E-state index is 12.3. The number of hydrogen-bond donors (Lipinski definition) is 3. The van der Waals surface area contributed by atoms with Gasteiger partial charge in [0.15, 0.2) is 0 Å². The fourth-order valence-electron chi connectivity index (χ4n) is 2.98. The molecule has 3 rings (SSSR count). The van der Waals surface area contributed by atoms with E-state index in [1.165, 1.54) is 11.1 Å². The fraction of sp³-hybridized carbons (Fsp3) is 0.333. The molecule has 142 valence electrons. The Kier molecular flexibility index (Phi) is 6.90. The van der Waals surface area contributed by atoms with Gasteiger partial charge in [-0.05, 0) is 29.7 Å². The van der Waals surface area contributed by atoms with Crippen molar-refractivity contribution in [1.82, 2.24) is 10.6 Å². The molecule has 0 radical (unpaired) electrons. The van der Waals surface area contributed by atoms with Gasteiger partial charge in [0, 0.05) is 30.3 Å². The minimum atomic E-state index is -0.187. The third-order valence-electron chi connectivity index (χ3n) is 4.45. The molecular weight excluding hydrogens is 358 g/mol. The monoisotopic (exact) mass is 383 g/mol. The highest BCUT2D eigenvalue weighted by atomic mass is 32.2. The zero-order valence-electron chi connectivity index (χ0n) is 15.4. The van der Waals surface area contributed by atoms with Crippen LogP contribution in [0.15, 0.2) is 54.6 Å². The number of carbonyl (C=O) groups excluding carboxylic acids is 2. The molecule has 0 aromatic heterocycles. The molecule has 27 heavy (non-hydrogen) atoms. The lowest BCUT2D eigenvalue weighted by atomic mass is 10.1. The number of benzene rings is 2. The van der Waals surface area contributed by atoms with E-state index in [4.69, 9.17) is 0 Å². The summed E-state index contributed by atoms with van der Waals surface area (Å²) in [6.07, 6.45) is 1.55. The molecule has 6 heteroatoms. The van der Waals surface area contributed by atoms with Crippen LogP contribution in [-0.2, 0) is 21.8 Å². The highest BCUT2D eigenvalue weighted by Crippen LogP contribution is 2.19. The Morgan fingerprint density at radius 3 is 2.56 bits per heavy atom. The van der Waals surface area contributed by atoms with E-state index in [2.05, 4.69) is 35.0 Å². The number of thioether (sulfide) groups is 1. The Balaban J connectivity index is 1.49. The van der Waals surface area contributed by atoms with Gasteiger partial charge in [0.1, 0.15) is 5.50 Å². The number of aryl methyl sites for hydroxylation is 1. The van der Waals surface area contributed by atoms with Crippen molar-refractivity contribution in [2.24, 2.45) is 0 Å². The first-order valence-electron chi connectivity index (χ1n) is 9.22. The summed E-state index contributed by atoms with van der Waals surface area (Å²) in [7, 11) is 0. The summed E-state index contributed by atoms with van der Waals surface area (Å²) in [6, 6.07) is 17.8. The van der Waals surface area contributed by atoms with E-state index in [1.807, 2.05) is 42.5 Å². The van der Waals surface area contributed by atoms with Crippen LogP contribution >= 0.6 is 11.8 Å². The molecule has 0 aliphatic carbocycles. The summed E-state index contributed by atoms with van der Waals surface area (Å²) in [6.45, 7) is 2.10. The van der Waals surface area contributed by atoms with Gasteiger partial charge in [-0.2, -0.15) is 0 Å². The smallest absolute Gasteiger partial charge is 0.225 e. The lowest BCUT2D eigenvalue weighted by Crippen LogP contribution is -2.55. The molecule has 5 nitrogen and oxygen atoms in total. The molecule has 3 N–H and O–H groups in total. The van der Waals surface area contributed by atoms with Gasteiger partial charge in [-0.15, -0.1) is 11.8 Å². The third-order valence-corrected chi connectivity index (χ3v) is 5.54. The lowest BCUT2D eigenvalue weighted by molar-refractivity contribution is -0.124. The zero-order chi connectivity index (χ0) is 19.1. The van der Waals surface area contributed by atoms with Gasteiger partial charge < -0.3 is 10.6 Å². The van der Waals surface area contributed by atoms with Crippen LogP contribution in [0.1, 0.15) is 30.9 Å². The first-order valence-corrected chi connectivity index (χ1v) is 10.3. The number of nitrogens with one attached hydrogen (secondary N) is 3. The summed E-state index contributed by atoms with van der Waals surface area (Å²) >= 11 is 1.62. The van der Waals surface area contributed by atoms with Crippen molar-refractivity contribution in [1.29, 1.82) is 0 Å². The van der Waals surface area contributed by atoms with Crippen molar-refractivity contribution < 1.29 is 9.59 Å². The van der Waals surface area contributed by atoms with Crippen molar-refractivity contribution in [2.75, 3.05) is 5.32 Å². The normalized spacial score (nSPS) is 19.4. The molecule has 2 aromatic carbocycles. The summed E-state index contributed by atoms with van der Waals surface area (Å²) in [5, 5.41) is 9.20. The molecule has 1 aliphatic heterocycles. The van der Waals surface area contributed by atoms with Gasteiger partial charge >= 0.3 is 0 Å². The summed E-state index contributed by atoms with van der Waals surface area (Å²) in [5.74, 6) is 0.684. The summed E-state index contributed by atoms with van der Waals surface area (Å²) in [5.41, 5.74) is 3.03. The van der Waals surface area contributed by atoms with Crippen LogP contribution in [0, 0.1) is 0 Å². The first kappa shape index (κ1) is 19.5. The second-order valence-corrected chi connectivity index (χ2v) is 7.71. The maximum absolute atomic E-state index is 12.3. The standard InChI is InChI=1S/C21H25N3O2S/c1-2-15-8-10-17(11-9-15)22-19(25)12-18-13-20(26)24-21(23-18)27-14-16-6-4-3-5-7-16/h3-11,18,21,23H,2,12-14H2,1H3,(H,22,25)(H,24,26). The van der Waals surface area contributed by atoms with Gasteiger partial charge in [-0.3, -0.25) is 14.9 Å². The number of carbonyl (C=O) groups is 2. The molecule has 2 aromatic rings. The van der Waals surface area contributed by atoms with E-state index in [-0.39, 0.29) is 29.8 Å². The van der Waals surface area contributed by atoms with E-state index < -0.39 is 0 Å². The van der Waals surface area contributed by atoms with Gasteiger partial charge in [-0.25, -0.2) is 0 Å². The molecule has 2 unspecified atom stereocenters. The zero-order valence-corrected chi connectivity index (χ0v) is 16.2. The third kappa shape index (κ3) is 6.12. The summed E-state index contributed by atoms with van der Waals surface area (Å²) in [4.78, 5) is 24.3. The Labute approximate surface area is 164 Å². The van der Waals surface area contributed by atoms with Crippen molar-refractivity contribution in [3.05, 3.63) is 65.7 Å². The second kappa shape index (κ2) is 9.58. The molecule has 2 atom stereocenters. The number of rotatable bonds is 7. The van der Waals surface area contributed by atoms with E-state index >= 15 is 0 Å². The molecule has 1 fully saturated rings. The number of hydrogen-bond acceptors (Lipinski definition) is 4. The predicted octanol–water partition coefficient (Wildman–Crippen LogP) is 3.27. The molecule has 1 heterocycles. The highest BCUT2D eigenvalue weighted by molar-refractivity contribution is 7.99. The lowest BCUT2D eigenvalue weighted by Gasteiger charge is -2.31. The fourth-order valence-corrected chi connectivity index (χ4v) is 4.03. The van der Waals surface area contributed by atoms with Gasteiger partial charge in [0.25, 0.3) is 0 Å². The van der Waals surface area contributed by atoms with E-state index in [0.29, 0.717) is 6.42 Å². The number of amides is 2. The van der Waals surface area contributed by atoms with Crippen LogP contribution in [0.3, 0.4) is 0 Å². The quantitative estimate of drug-likeness (QED) is 0.686. The number of anilines is 1. The van der Waals surface area contributed by atoms with E-state index in [1.54, 1.807) is 11.8 Å². The van der Waals surface area contributed by atoms with Gasteiger partial charge in [0.2, 0.25) is 11.8 Å². The Morgan fingerprint density at radius 2 is 1.85 bits per heavy atom. The molecule has 1 saturated heterocycles. The molecule has 0 saturated carbocycles. The van der Waals surface area contributed by atoms with Crippen LogP contribution in [0.2, 0.25) is 0 Å². The van der Waals surface area contributed by atoms with Crippen LogP contribution in [0.25, 0.3) is 0 Å². The predicted molar refractivity (Wildman–Crippen MR) is 110 cm³/mol. The van der Waals surface area contributed by atoms with Crippen LogP contribution in [0.5, 0.6) is 0 Å². The van der Waals surface area contributed by atoms with E-state index in [0.717, 1.165) is 17.9 Å². The first-order chi connectivity index (χ1) is 13.1. The SMILES string of the molecule is CCc1ccc(NC(=O)CC2CC(=O)NC(SCc3ccccc3)N2)cc1. The van der Waals surface area contributed by atoms with E-state index in [9.17, 15) is 9.59 Å².